The highest BCUT2D eigenvalue weighted by molar-refractivity contribution is 6.36. The molecule has 2 N–H and O–H groups in total. The van der Waals surface area contributed by atoms with Crippen molar-refractivity contribution in [2.45, 2.75) is 25.8 Å². The average molecular weight is 318 g/mol. The minimum atomic E-state index is 0.0664. The van der Waals surface area contributed by atoms with E-state index >= 15 is 0 Å². The van der Waals surface area contributed by atoms with Crippen LogP contribution in [0.5, 0.6) is 17.2 Å². The van der Waals surface area contributed by atoms with Crippen LogP contribution in [0.4, 0.5) is 0 Å². The predicted molar refractivity (Wildman–Crippen MR) is 79.8 cm³/mol. The Balaban J connectivity index is 2.22. The first-order chi connectivity index (χ1) is 9.63. The van der Waals surface area contributed by atoms with Gasteiger partial charge < -0.3 is 19.9 Å². The standard InChI is InChI=1S/C14H17Cl2NO3/c1-2-11(17)3-9-4-13-14(20-8-19-13)5-12(9)18-7-10(16)6-15/h4-6,11H,2-3,7-8,17H2,1H3. The van der Waals surface area contributed by atoms with E-state index in [1.807, 2.05) is 13.0 Å². The maximum Gasteiger partial charge on any atom is 0.231 e. The van der Waals surface area contributed by atoms with E-state index < -0.39 is 0 Å². The highest BCUT2D eigenvalue weighted by atomic mass is 35.5. The molecule has 1 unspecified atom stereocenters. The summed E-state index contributed by atoms with van der Waals surface area (Å²) in [6.45, 7) is 2.48. The van der Waals surface area contributed by atoms with Crippen LogP contribution in [-0.2, 0) is 6.42 Å². The number of ether oxygens (including phenoxy) is 3. The van der Waals surface area contributed by atoms with Crippen molar-refractivity contribution in [2.75, 3.05) is 13.4 Å². The Bertz CT molecular complexity index is 505. The van der Waals surface area contributed by atoms with Crippen LogP contribution in [-0.4, -0.2) is 19.4 Å². The highest BCUT2D eigenvalue weighted by Crippen LogP contribution is 2.38. The Labute approximate surface area is 128 Å². The lowest BCUT2D eigenvalue weighted by Crippen LogP contribution is -2.21. The van der Waals surface area contributed by atoms with Gasteiger partial charge >= 0.3 is 0 Å². The quantitative estimate of drug-likeness (QED) is 0.873. The first-order valence-corrected chi connectivity index (χ1v) is 7.21. The first kappa shape index (κ1) is 15.3. The fraction of sp³-hybridized carbons (Fsp3) is 0.429. The largest absolute Gasteiger partial charge is 0.488 e. The zero-order valence-corrected chi connectivity index (χ0v) is 12.7. The summed E-state index contributed by atoms with van der Waals surface area (Å²) in [4.78, 5) is 0. The van der Waals surface area contributed by atoms with Gasteiger partial charge in [0.25, 0.3) is 0 Å². The average Bonchev–Trinajstić information content (AvgIpc) is 2.91. The molecule has 0 aromatic heterocycles. The number of hydrogen-bond donors (Lipinski definition) is 1. The highest BCUT2D eigenvalue weighted by Gasteiger charge is 2.19. The summed E-state index contributed by atoms with van der Waals surface area (Å²) in [7, 11) is 0. The van der Waals surface area contributed by atoms with E-state index in [0.717, 1.165) is 17.7 Å². The van der Waals surface area contributed by atoms with Crippen molar-refractivity contribution >= 4 is 23.2 Å². The molecule has 2 rings (SSSR count). The first-order valence-electron chi connectivity index (χ1n) is 6.39. The molecular formula is C14H17Cl2NO3. The minimum Gasteiger partial charge on any atom is -0.488 e. The molecule has 6 heteroatoms. The molecule has 0 saturated heterocycles. The van der Waals surface area contributed by atoms with E-state index in [2.05, 4.69) is 0 Å². The van der Waals surface area contributed by atoms with Crippen LogP contribution >= 0.6 is 23.2 Å². The molecule has 0 radical (unpaired) electrons. The van der Waals surface area contributed by atoms with Gasteiger partial charge in [-0.15, -0.1) is 0 Å². The number of fused-ring (bicyclic) bond motifs is 1. The van der Waals surface area contributed by atoms with Crippen LogP contribution in [0.3, 0.4) is 0 Å². The van der Waals surface area contributed by atoms with Crippen LogP contribution in [0.25, 0.3) is 0 Å². The normalized spacial score (nSPS) is 15.3. The van der Waals surface area contributed by atoms with Gasteiger partial charge in [0, 0.05) is 17.6 Å². The van der Waals surface area contributed by atoms with E-state index in [0.29, 0.717) is 23.0 Å². The number of nitrogens with two attached hydrogens (primary N) is 1. The summed E-state index contributed by atoms with van der Waals surface area (Å²) in [5.41, 5.74) is 8.27. The van der Waals surface area contributed by atoms with Crippen molar-refractivity contribution in [3.8, 4) is 17.2 Å². The molecule has 0 amide bonds. The lowest BCUT2D eigenvalue weighted by Gasteiger charge is -2.15. The molecular weight excluding hydrogens is 301 g/mol. The van der Waals surface area contributed by atoms with Crippen molar-refractivity contribution in [1.29, 1.82) is 0 Å². The van der Waals surface area contributed by atoms with Crippen molar-refractivity contribution in [3.05, 3.63) is 28.3 Å². The smallest absolute Gasteiger partial charge is 0.231 e. The third-order valence-corrected chi connectivity index (χ3v) is 3.64. The Morgan fingerprint density at radius 3 is 2.80 bits per heavy atom. The second kappa shape index (κ2) is 7.07. The Hall–Kier alpha value is -1.10. The van der Waals surface area contributed by atoms with E-state index in [1.54, 1.807) is 6.07 Å². The second-order valence-corrected chi connectivity index (χ2v) is 5.23. The molecule has 1 aromatic carbocycles. The molecule has 0 saturated carbocycles. The Kier molecular flexibility index (Phi) is 5.40. The van der Waals surface area contributed by atoms with Crippen molar-refractivity contribution in [3.63, 3.8) is 0 Å². The second-order valence-electron chi connectivity index (χ2n) is 4.53. The fourth-order valence-electron chi connectivity index (χ4n) is 1.86. The summed E-state index contributed by atoms with van der Waals surface area (Å²) < 4.78 is 16.4. The zero-order chi connectivity index (χ0) is 14.5. The number of halogens is 2. The molecule has 1 aliphatic heterocycles. The minimum absolute atomic E-state index is 0.0664. The van der Waals surface area contributed by atoms with Gasteiger partial charge in [0.15, 0.2) is 11.5 Å². The van der Waals surface area contributed by atoms with Gasteiger partial charge in [-0.1, -0.05) is 30.1 Å². The third kappa shape index (κ3) is 3.72. The van der Waals surface area contributed by atoms with E-state index in [-0.39, 0.29) is 19.4 Å². The van der Waals surface area contributed by atoms with Crippen molar-refractivity contribution in [2.24, 2.45) is 5.73 Å². The van der Waals surface area contributed by atoms with E-state index in [1.165, 1.54) is 5.54 Å². The number of benzene rings is 1. The van der Waals surface area contributed by atoms with E-state index in [4.69, 9.17) is 43.1 Å². The maximum absolute atomic E-state index is 6.02. The van der Waals surface area contributed by atoms with Crippen LogP contribution in [0.15, 0.2) is 22.7 Å². The molecule has 110 valence electrons. The fourth-order valence-corrected chi connectivity index (χ4v) is 1.98. The monoisotopic (exact) mass is 317 g/mol. The third-order valence-electron chi connectivity index (χ3n) is 3.05. The molecule has 0 aliphatic carbocycles. The molecule has 1 aromatic rings. The topological polar surface area (TPSA) is 53.7 Å². The van der Waals surface area contributed by atoms with Gasteiger partial charge in [0.05, 0.1) is 5.03 Å². The van der Waals surface area contributed by atoms with Gasteiger partial charge in [0.2, 0.25) is 6.79 Å². The Morgan fingerprint density at radius 2 is 2.15 bits per heavy atom. The molecule has 1 aliphatic rings. The van der Waals surface area contributed by atoms with Crippen LogP contribution in [0.2, 0.25) is 0 Å². The van der Waals surface area contributed by atoms with Gasteiger partial charge in [-0.25, -0.2) is 0 Å². The van der Waals surface area contributed by atoms with Crippen molar-refractivity contribution in [1.82, 2.24) is 0 Å². The van der Waals surface area contributed by atoms with Gasteiger partial charge in [-0.05, 0) is 24.5 Å². The molecule has 1 atom stereocenters. The SMILES string of the molecule is CCC(N)Cc1cc2c(cc1OCC(Cl)=CCl)OCO2. The molecule has 20 heavy (non-hydrogen) atoms. The molecule has 1 heterocycles. The van der Waals surface area contributed by atoms with E-state index in [9.17, 15) is 0 Å². The summed E-state index contributed by atoms with van der Waals surface area (Å²) in [6.07, 6.45) is 1.58. The lowest BCUT2D eigenvalue weighted by molar-refractivity contribution is 0.174. The molecule has 0 spiro atoms. The summed E-state index contributed by atoms with van der Waals surface area (Å²) in [5.74, 6) is 2.07. The van der Waals surface area contributed by atoms with Gasteiger partial charge in [-0.2, -0.15) is 0 Å². The van der Waals surface area contributed by atoms with Crippen molar-refractivity contribution < 1.29 is 14.2 Å². The summed E-state index contributed by atoms with van der Waals surface area (Å²) >= 11 is 11.4. The molecule has 0 bridgehead atoms. The van der Waals surface area contributed by atoms with Gasteiger partial charge in [0.1, 0.15) is 12.4 Å². The summed E-state index contributed by atoms with van der Waals surface area (Å²) in [5, 5.41) is 0.426. The number of hydrogen-bond acceptors (Lipinski definition) is 4. The lowest BCUT2D eigenvalue weighted by atomic mass is 10.0. The Morgan fingerprint density at radius 1 is 1.45 bits per heavy atom. The van der Waals surface area contributed by atoms with Crippen LogP contribution in [0, 0.1) is 0 Å². The summed E-state index contributed by atoms with van der Waals surface area (Å²) in [6, 6.07) is 3.78. The molecule has 4 nitrogen and oxygen atoms in total. The molecule has 0 fully saturated rings. The predicted octanol–water partition coefficient (Wildman–Crippen LogP) is 3.39. The van der Waals surface area contributed by atoms with Crippen LogP contribution in [0.1, 0.15) is 18.9 Å². The van der Waals surface area contributed by atoms with Crippen LogP contribution < -0.4 is 19.9 Å². The number of rotatable bonds is 6. The maximum atomic E-state index is 6.02. The van der Waals surface area contributed by atoms with Gasteiger partial charge in [-0.3, -0.25) is 0 Å². The zero-order valence-electron chi connectivity index (χ0n) is 11.2.